The van der Waals surface area contributed by atoms with Gasteiger partial charge in [0.2, 0.25) is 0 Å². The van der Waals surface area contributed by atoms with Gasteiger partial charge < -0.3 is 10.1 Å². The average molecular weight is 279 g/mol. The van der Waals surface area contributed by atoms with Crippen LogP contribution in [0.15, 0.2) is 18.2 Å². The number of ether oxygens (including phenoxy) is 1. The molecule has 1 saturated heterocycles. The zero-order valence-electron chi connectivity index (χ0n) is 12.2. The van der Waals surface area contributed by atoms with Crippen molar-refractivity contribution >= 4 is 11.8 Å². The van der Waals surface area contributed by atoms with E-state index < -0.39 is 0 Å². The van der Waals surface area contributed by atoms with E-state index in [2.05, 4.69) is 56.2 Å². The predicted molar refractivity (Wildman–Crippen MR) is 84.0 cm³/mol. The van der Waals surface area contributed by atoms with Crippen LogP contribution >= 0.6 is 11.8 Å². The molecule has 0 spiro atoms. The molecule has 1 aromatic rings. The summed E-state index contributed by atoms with van der Waals surface area (Å²) in [4.78, 5) is 0. The van der Waals surface area contributed by atoms with Crippen molar-refractivity contribution in [1.82, 2.24) is 5.32 Å². The largest absolute Gasteiger partial charge is 0.381 e. The zero-order chi connectivity index (χ0) is 13.7. The second kappa shape index (κ2) is 7.32. The van der Waals surface area contributed by atoms with E-state index in [1.54, 1.807) is 0 Å². The molecule has 0 aliphatic carbocycles. The van der Waals surface area contributed by atoms with E-state index in [1.807, 2.05) is 0 Å². The normalized spacial score (nSPS) is 18.5. The minimum atomic E-state index is 0.450. The summed E-state index contributed by atoms with van der Waals surface area (Å²) in [5, 5.41) is 4.23. The van der Waals surface area contributed by atoms with Crippen LogP contribution in [0.2, 0.25) is 0 Å². The monoisotopic (exact) mass is 279 g/mol. The van der Waals surface area contributed by atoms with Gasteiger partial charge in [-0.1, -0.05) is 29.3 Å². The number of hydrogen-bond donors (Lipinski definition) is 1. The molecule has 106 valence electrons. The molecule has 0 bridgehead atoms. The van der Waals surface area contributed by atoms with E-state index in [1.165, 1.54) is 29.5 Å². The van der Waals surface area contributed by atoms with Gasteiger partial charge >= 0.3 is 0 Å². The Kier molecular flexibility index (Phi) is 5.74. The molecule has 0 amide bonds. The van der Waals surface area contributed by atoms with Gasteiger partial charge in [-0.25, -0.2) is 0 Å². The van der Waals surface area contributed by atoms with Crippen molar-refractivity contribution in [2.75, 3.05) is 26.0 Å². The number of hydrogen-bond acceptors (Lipinski definition) is 3. The van der Waals surface area contributed by atoms with Crippen LogP contribution in [0.3, 0.4) is 0 Å². The maximum Gasteiger partial charge on any atom is 0.0476 e. The highest BCUT2D eigenvalue weighted by Crippen LogP contribution is 2.27. The van der Waals surface area contributed by atoms with Gasteiger partial charge in [-0.05, 0) is 39.3 Å². The van der Waals surface area contributed by atoms with Gasteiger partial charge in [0.15, 0.2) is 0 Å². The highest BCUT2D eigenvalue weighted by molar-refractivity contribution is 7.99. The van der Waals surface area contributed by atoms with E-state index in [0.717, 1.165) is 24.2 Å². The van der Waals surface area contributed by atoms with Crippen molar-refractivity contribution in [3.05, 3.63) is 34.9 Å². The Morgan fingerprint density at radius 1 is 1.21 bits per heavy atom. The van der Waals surface area contributed by atoms with Gasteiger partial charge in [-0.15, -0.1) is 0 Å². The fourth-order valence-corrected chi connectivity index (χ4v) is 3.98. The lowest BCUT2D eigenvalue weighted by atomic mass is 10.0. The number of aryl methyl sites for hydroxylation is 2. The van der Waals surface area contributed by atoms with Crippen molar-refractivity contribution in [1.29, 1.82) is 0 Å². The summed E-state index contributed by atoms with van der Waals surface area (Å²) in [6, 6.07) is 7.30. The van der Waals surface area contributed by atoms with Crippen molar-refractivity contribution in [3.63, 3.8) is 0 Å². The molecule has 1 aliphatic heterocycles. The maximum atomic E-state index is 5.42. The number of rotatable bonds is 5. The molecule has 1 heterocycles. The molecule has 0 aromatic heterocycles. The topological polar surface area (TPSA) is 21.3 Å². The molecule has 1 aliphatic rings. The highest BCUT2D eigenvalue weighted by atomic mass is 32.2. The Balaban J connectivity index is 1.95. The summed E-state index contributed by atoms with van der Waals surface area (Å²) in [6.45, 7) is 6.22. The third kappa shape index (κ3) is 4.51. The quantitative estimate of drug-likeness (QED) is 0.891. The predicted octanol–water partition coefficient (Wildman–Crippen LogP) is 3.48. The fourth-order valence-electron chi connectivity index (χ4n) is 2.63. The van der Waals surface area contributed by atoms with Gasteiger partial charge in [0.05, 0.1) is 0 Å². The SMILES string of the molecule is CNC(CSC1CCOCC1)c1cc(C)cc(C)c1. The van der Waals surface area contributed by atoms with Crippen LogP contribution in [0.4, 0.5) is 0 Å². The van der Waals surface area contributed by atoms with Gasteiger partial charge in [-0.3, -0.25) is 0 Å². The number of thioether (sulfide) groups is 1. The average Bonchev–Trinajstić information content (AvgIpc) is 2.39. The minimum absolute atomic E-state index is 0.450. The van der Waals surface area contributed by atoms with Crippen LogP contribution in [0, 0.1) is 13.8 Å². The number of benzene rings is 1. The first-order valence-corrected chi connectivity index (χ1v) is 8.18. The molecule has 2 nitrogen and oxygen atoms in total. The maximum absolute atomic E-state index is 5.42. The summed E-state index contributed by atoms with van der Waals surface area (Å²) < 4.78 is 5.42. The van der Waals surface area contributed by atoms with Crippen molar-refractivity contribution in [2.24, 2.45) is 0 Å². The smallest absolute Gasteiger partial charge is 0.0476 e. The zero-order valence-corrected chi connectivity index (χ0v) is 13.1. The Morgan fingerprint density at radius 3 is 2.42 bits per heavy atom. The third-order valence-electron chi connectivity index (χ3n) is 3.66. The van der Waals surface area contributed by atoms with Crippen molar-refractivity contribution < 1.29 is 4.74 Å². The van der Waals surface area contributed by atoms with Crippen LogP contribution < -0.4 is 5.32 Å². The number of nitrogens with one attached hydrogen (secondary N) is 1. The molecule has 1 atom stereocenters. The van der Waals surface area contributed by atoms with E-state index in [0.29, 0.717) is 6.04 Å². The van der Waals surface area contributed by atoms with Gasteiger partial charge in [0.25, 0.3) is 0 Å². The molecular weight excluding hydrogens is 254 g/mol. The van der Waals surface area contributed by atoms with E-state index in [9.17, 15) is 0 Å². The van der Waals surface area contributed by atoms with Crippen molar-refractivity contribution in [2.45, 2.75) is 38.0 Å². The van der Waals surface area contributed by atoms with Crippen LogP contribution in [-0.2, 0) is 4.74 Å². The molecule has 1 N–H and O–H groups in total. The molecular formula is C16H25NOS. The molecule has 1 unspecified atom stereocenters. The lowest BCUT2D eigenvalue weighted by Crippen LogP contribution is -2.23. The Morgan fingerprint density at radius 2 is 1.84 bits per heavy atom. The minimum Gasteiger partial charge on any atom is -0.381 e. The Hall–Kier alpha value is -0.510. The molecule has 19 heavy (non-hydrogen) atoms. The summed E-state index contributed by atoms with van der Waals surface area (Å²) in [5.41, 5.74) is 4.12. The lowest BCUT2D eigenvalue weighted by molar-refractivity contribution is 0.1000. The summed E-state index contributed by atoms with van der Waals surface area (Å²) in [5.74, 6) is 1.14. The van der Waals surface area contributed by atoms with Crippen LogP contribution in [0.5, 0.6) is 0 Å². The van der Waals surface area contributed by atoms with E-state index in [-0.39, 0.29) is 0 Å². The van der Waals surface area contributed by atoms with Gasteiger partial charge in [0, 0.05) is 30.3 Å². The lowest BCUT2D eigenvalue weighted by Gasteiger charge is -2.24. The first kappa shape index (κ1) is 14.9. The Labute approximate surface area is 121 Å². The van der Waals surface area contributed by atoms with Crippen LogP contribution in [-0.4, -0.2) is 31.3 Å². The standard InChI is InChI=1S/C16H25NOS/c1-12-8-13(2)10-14(9-12)16(17-3)11-19-15-4-6-18-7-5-15/h8-10,15-17H,4-7,11H2,1-3H3. The molecule has 0 saturated carbocycles. The third-order valence-corrected chi connectivity index (χ3v) is 5.13. The molecule has 3 heteroatoms. The first-order chi connectivity index (χ1) is 9.19. The second-order valence-corrected chi connectivity index (χ2v) is 6.74. The van der Waals surface area contributed by atoms with E-state index in [4.69, 9.17) is 4.74 Å². The Bertz CT molecular complexity index is 381. The van der Waals surface area contributed by atoms with Crippen LogP contribution in [0.1, 0.15) is 35.6 Å². The summed E-state index contributed by atoms with van der Waals surface area (Å²) >= 11 is 2.09. The fraction of sp³-hybridized carbons (Fsp3) is 0.625. The highest BCUT2D eigenvalue weighted by Gasteiger charge is 2.17. The first-order valence-electron chi connectivity index (χ1n) is 7.14. The van der Waals surface area contributed by atoms with Gasteiger partial charge in [0.1, 0.15) is 0 Å². The molecule has 1 aromatic carbocycles. The van der Waals surface area contributed by atoms with Gasteiger partial charge in [-0.2, -0.15) is 11.8 Å². The molecule has 0 radical (unpaired) electrons. The summed E-state index contributed by atoms with van der Waals surface area (Å²) in [6.07, 6.45) is 2.40. The van der Waals surface area contributed by atoms with E-state index >= 15 is 0 Å². The summed E-state index contributed by atoms with van der Waals surface area (Å²) in [7, 11) is 2.06. The van der Waals surface area contributed by atoms with Crippen molar-refractivity contribution in [3.8, 4) is 0 Å². The molecule has 1 fully saturated rings. The second-order valence-electron chi connectivity index (χ2n) is 5.41. The molecule has 2 rings (SSSR count). The van der Waals surface area contributed by atoms with Crippen LogP contribution in [0.25, 0.3) is 0 Å².